The summed E-state index contributed by atoms with van der Waals surface area (Å²) in [4.78, 5) is 29.8. The molecule has 2 N–H and O–H groups in total. The molecule has 0 spiro atoms. The maximum atomic E-state index is 13.0. The molecule has 2 atom stereocenters. The summed E-state index contributed by atoms with van der Waals surface area (Å²) >= 11 is 0. The molecule has 9 nitrogen and oxygen atoms in total. The van der Waals surface area contributed by atoms with Crippen LogP contribution in [0.15, 0.2) is 23.1 Å². The average molecular weight is 494 g/mol. The summed E-state index contributed by atoms with van der Waals surface area (Å²) < 4.78 is 27.4. The van der Waals surface area contributed by atoms with Crippen LogP contribution in [-0.2, 0) is 19.6 Å². The van der Waals surface area contributed by atoms with Crippen molar-refractivity contribution in [3.63, 3.8) is 0 Å². The molecule has 1 aliphatic carbocycles. The molecule has 0 unspecified atom stereocenters. The van der Waals surface area contributed by atoms with Crippen molar-refractivity contribution in [2.45, 2.75) is 70.5 Å². The molecule has 1 heterocycles. The minimum absolute atomic E-state index is 0.0802. The number of carbonyl (C=O) groups excluding carboxylic acids is 2. The quantitative estimate of drug-likeness (QED) is 0.514. The first-order valence-corrected chi connectivity index (χ1v) is 13.7. The highest BCUT2D eigenvalue weighted by Crippen LogP contribution is 2.24. The number of amides is 2. The topological polar surface area (TPSA) is 102 Å². The molecule has 2 fully saturated rings. The van der Waals surface area contributed by atoms with Crippen molar-refractivity contribution in [3.8, 4) is 0 Å². The zero-order chi connectivity index (χ0) is 25.0. The third kappa shape index (κ3) is 6.16. The standard InChI is InChI=1S/C24H39N5O4S/c1-6-29(7-2)34(32,33)22-16-21(9-8-17(22)3)26-24(31)19(5)28-14-12-27(13-15-28)18(4)23(30)25-20-10-11-20/h8-9,16,18-20H,6-7,10-15H2,1-5H3,(H,25,30)(H,26,31)/t18-,19+/m0/s1. The van der Waals surface area contributed by atoms with Gasteiger partial charge < -0.3 is 10.6 Å². The second-order valence-corrected chi connectivity index (χ2v) is 11.2. The first-order valence-electron chi connectivity index (χ1n) is 12.3. The van der Waals surface area contributed by atoms with E-state index in [1.165, 1.54) is 4.31 Å². The number of hydrogen-bond donors (Lipinski definition) is 2. The Bertz CT molecular complexity index is 983. The van der Waals surface area contributed by atoms with Gasteiger partial charge in [-0.15, -0.1) is 0 Å². The normalized spacial score (nSPS) is 19.6. The average Bonchev–Trinajstić information content (AvgIpc) is 3.63. The number of sulfonamides is 1. The van der Waals surface area contributed by atoms with Gasteiger partial charge in [0.05, 0.1) is 17.0 Å². The zero-order valence-electron chi connectivity index (χ0n) is 21.0. The van der Waals surface area contributed by atoms with Crippen LogP contribution in [0.25, 0.3) is 0 Å². The van der Waals surface area contributed by atoms with Gasteiger partial charge in [-0.3, -0.25) is 19.4 Å². The third-order valence-electron chi connectivity index (χ3n) is 6.91. The van der Waals surface area contributed by atoms with Crippen molar-refractivity contribution in [3.05, 3.63) is 23.8 Å². The Kier molecular flexibility index (Phi) is 8.72. The van der Waals surface area contributed by atoms with Gasteiger partial charge in [0.2, 0.25) is 21.8 Å². The Balaban J connectivity index is 1.59. The molecular weight excluding hydrogens is 454 g/mol. The van der Waals surface area contributed by atoms with Gasteiger partial charge in [0, 0.05) is 51.0 Å². The Morgan fingerprint density at radius 1 is 1.00 bits per heavy atom. The smallest absolute Gasteiger partial charge is 0.243 e. The molecular formula is C24H39N5O4S. The molecule has 0 bridgehead atoms. The van der Waals surface area contributed by atoms with Gasteiger partial charge in [-0.1, -0.05) is 19.9 Å². The monoisotopic (exact) mass is 493 g/mol. The van der Waals surface area contributed by atoms with Crippen molar-refractivity contribution >= 4 is 27.5 Å². The number of rotatable bonds is 10. The van der Waals surface area contributed by atoms with E-state index in [9.17, 15) is 18.0 Å². The third-order valence-corrected chi connectivity index (χ3v) is 9.10. The second kappa shape index (κ2) is 11.2. The van der Waals surface area contributed by atoms with E-state index in [1.807, 2.05) is 27.7 Å². The van der Waals surface area contributed by atoms with Gasteiger partial charge in [0.1, 0.15) is 0 Å². The summed E-state index contributed by atoms with van der Waals surface area (Å²) in [5.74, 6) is -0.0976. The van der Waals surface area contributed by atoms with Crippen LogP contribution in [0.3, 0.4) is 0 Å². The molecule has 0 radical (unpaired) electrons. The fraction of sp³-hybridized carbons (Fsp3) is 0.667. The van der Waals surface area contributed by atoms with E-state index in [0.717, 1.165) is 12.8 Å². The predicted octanol–water partition coefficient (Wildman–Crippen LogP) is 1.64. The number of anilines is 1. The molecule has 1 aliphatic heterocycles. The molecule has 10 heteroatoms. The molecule has 0 aromatic heterocycles. The van der Waals surface area contributed by atoms with E-state index in [-0.39, 0.29) is 28.8 Å². The van der Waals surface area contributed by atoms with Crippen LogP contribution in [0.5, 0.6) is 0 Å². The zero-order valence-corrected chi connectivity index (χ0v) is 21.8. The summed E-state index contributed by atoms with van der Waals surface area (Å²) in [5.41, 5.74) is 1.12. The van der Waals surface area contributed by atoms with Crippen LogP contribution in [-0.4, -0.2) is 91.7 Å². The van der Waals surface area contributed by atoms with Crippen molar-refractivity contribution < 1.29 is 18.0 Å². The van der Waals surface area contributed by atoms with Crippen LogP contribution in [0.1, 0.15) is 46.1 Å². The van der Waals surface area contributed by atoms with Gasteiger partial charge in [0.25, 0.3) is 0 Å². The van der Waals surface area contributed by atoms with Gasteiger partial charge in [-0.2, -0.15) is 4.31 Å². The van der Waals surface area contributed by atoms with Crippen molar-refractivity contribution in [1.29, 1.82) is 0 Å². The maximum absolute atomic E-state index is 13.0. The number of nitrogens with zero attached hydrogens (tertiary/aromatic N) is 3. The fourth-order valence-corrected chi connectivity index (χ4v) is 6.01. The number of carbonyl (C=O) groups is 2. The highest BCUT2D eigenvalue weighted by Gasteiger charge is 2.32. The van der Waals surface area contributed by atoms with Gasteiger partial charge in [-0.25, -0.2) is 8.42 Å². The number of benzene rings is 1. The van der Waals surface area contributed by atoms with E-state index in [0.29, 0.717) is 56.6 Å². The summed E-state index contributed by atoms with van der Waals surface area (Å²) in [6.07, 6.45) is 2.14. The number of aryl methyl sites for hydroxylation is 1. The van der Waals surface area contributed by atoms with Crippen molar-refractivity contribution in [2.75, 3.05) is 44.6 Å². The summed E-state index contributed by atoms with van der Waals surface area (Å²) in [7, 11) is -3.62. The van der Waals surface area contributed by atoms with Gasteiger partial charge in [0.15, 0.2) is 0 Å². The number of piperazine rings is 1. The molecule has 2 aliphatic rings. The minimum Gasteiger partial charge on any atom is -0.352 e. The van der Waals surface area contributed by atoms with Crippen molar-refractivity contribution in [2.24, 2.45) is 0 Å². The molecule has 190 valence electrons. The van der Waals surface area contributed by atoms with Crippen LogP contribution < -0.4 is 10.6 Å². The maximum Gasteiger partial charge on any atom is 0.243 e. The molecule has 3 rings (SSSR count). The first kappa shape index (κ1) is 26.6. The molecule has 2 amide bonds. The molecule has 1 aromatic rings. The first-order chi connectivity index (χ1) is 16.1. The van der Waals surface area contributed by atoms with E-state index >= 15 is 0 Å². The Labute approximate surface area is 203 Å². The summed E-state index contributed by atoms with van der Waals surface area (Å²) in [6, 6.07) is 4.81. The van der Waals surface area contributed by atoms with Crippen LogP contribution >= 0.6 is 0 Å². The lowest BCUT2D eigenvalue weighted by molar-refractivity contribution is -0.128. The van der Waals surface area contributed by atoms with E-state index < -0.39 is 10.0 Å². The largest absolute Gasteiger partial charge is 0.352 e. The lowest BCUT2D eigenvalue weighted by Crippen LogP contribution is -2.57. The Morgan fingerprint density at radius 3 is 2.03 bits per heavy atom. The van der Waals surface area contributed by atoms with E-state index in [1.54, 1.807) is 25.1 Å². The van der Waals surface area contributed by atoms with E-state index in [4.69, 9.17) is 0 Å². The highest BCUT2D eigenvalue weighted by atomic mass is 32.2. The van der Waals surface area contributed by atoms with Gasteiger partial charge in [-0.05, 0) is 51.3 Å². The fourth-order valence-electron chi connectivity index (χ4n) is 4.30. The second-order valence-electron chi connectivity index (χ2n) is 9.27. The van der Waals surface area contributed by atoms with Gasteiger partial charge >= 0.3 is 0 Å². The minimum atomic E-state index is -3.62. The molecule has 1 aromatic carbocycles. The molecule has 34 heavy (non-hydrogen) atoms. The van der Waals surface area contributed by atoms with E-state index in [2.05, 4.69) is 20.4 Å². The number of nitrogens with one attached hydrogen (secondary N) is 2. The Hall–Kier alpha value is -2.01. The Morgan fingerprint density at radius 2 is 1.53 bits per heavy atom. The SMILES string of the molecule is CCN(CC)S(=O)(=O)c1cc(NC(=O)[C@@H](C)N2CCN([C@@H](C)C(=O)NC3CC3)CC2)ccc1C. The van der Waals surface area contributed by atoms with Crippen molar-refractivity contribution in [1.82, 2.24) is 19.4 Å². The summed E-state index contributed by atoms with van der Waals surface area (Å²) in [5, 5.41) is 5.95. The summed E-state index contributed by atoms with van der Waals surface area (Å²) in [6.45, 7) is 12.7. The lowest BCUT2D eigenvalue weighted by atomic mass is 10.1. The molecule has 1 saturated carbocycles. The lowest BCUT2D eigenvalue weighted by Gasteiger charge is -2.39. The predicted molar refractivity (Wildman–Crippen MR) is 133 cm³/mol. The molecule has 1 saturated heterocycles. The number of hydrogen-bond acceptors (Lipinski definition) is 6. The van der Waals surface area contributed by atoms with Crippen LogP contribution in [0.4, 0.5) is 5.69 Å². The highest BCUT2D eigenvalue weighted by molar-refractivity contribution is 7.89. The van der Waals surface area contributed by atoms with Crippen LogP contribution in [0.2, 0.25) is 0 Å². The van der Waals surface area contributed by atoms with Crippen LogP contribution in [0, 0.1) is 6.92 Å².